The van der Waals surface area contributed by atoms with Crippen molar-refractivity contribution in [1.29, 1.82) is 5.26 Å². The fourth-order valence-electron chi connectivity index (χ4n) is 2.26. The Morgan fingerprint density at radius 2 is 1.86 bits per heavy atom. The summed E-state index contributed by atoms with van der Waals surface area (Å²) in [6.07, 6.45) is 4.24. The zero-order chi connectivity index (χ0) is 21.2. The summed E-state index contributed by atoms with van der Waals surface area (Å²) >= 11 is 0. The van der Waals surface area contributed by atoms with E-state index >= 15 is 0 Å². The molecule has 9 heteroatoms. The summed E-state index contributed by atoms with van der Waals surface area (Å²) in [5.41, 5.74) is 12.7. The van der Waals surface area contributed by atoms with Crippen LogP contribution in [0.1, 0.15) is 15.9 Å². The van der Waals surface area contributed by atoms with Crippen molar-refractivity contribution in [3.63, 3.8) is 0 Å². The standard InChI is InChI=1S/C20H19N3O6/c1-26-18-11-15(29-12-21)5-2-13(18)3-7-19(24)27-8-9-28-20(25)16-10-14(22)4-6-17(16)23/h2-7,10-11H,8-9,22-23H2,1H3/b7-3+. The third-order valence-electron chi connectivity index (χ3n) is 3.63. The molecule has 0 saturated carbocycles. The number of nitrogens with zero attached hydrogens (tertiary/aromatic N) is 1. The predicted molar refractivity (Wildman–Crippen MR) is 105 cm³/mol. The number of anilines is 2. The van der Waals surface area contributed by atoms with Gasteiger partial charge in [0.1, 0.15) is 24.7 Å². The van der Waals surface area contributed by atoms with E-state index in [0.29, 0.717) is 22.7 Å². The van der Waals surface area contributed by atoms with E-state index in [0.717, 1.165) is 0 Å². The first-order valence-electron chi connectivity index (χ1n) is 8.35. The Bertz CT molecular complexity index is 965. The molecule has 0 bridgehead atoms. The van der Waals surface area contributed by atoms with Gasteiger partial charge < -0.3 is 30.4 Å². The van der Waals surface area contributed by atoms with Crippen LogP contribution in [-0.4, -0.2) is 32.3 Å². The number of carbonyl (C=O) groups excluding carboxylic acids is 2. The number of methoxy groups -OCH3 is 1. The Morgan fingerprint density at radius 1 is 1.10 bits per heavy atom. The fraction of sp³-hybridized carbons (Fsp3) is 0.150. The van der Waals surface area contributed by atoms with E-state index < -0.39 is 11.9 Å². The first-order valence-corrected chi connectivity index (χ1v) is 8.35. The highest BCUT2D eigenvalue weighted by atomic mass is 16.6. The number of nitriles is 1. The normalized spacial score (nSPS) is 10.2. The highest BCUT2D eigenvalue weighted by molar-refractivity contribution is 5.96. The molecule has 29 heavy (non-hydrogen) atoms. The van der Waals surface area contributed by atoms with Crippen LogP contribution in [0.4, 0.5) is 11.4 Å². The van der Waals surface area contributed by atoms with E-state index in [1.807, 2.05) is 0 Å². The van der Waals surface area contributed by atoms with E-state index in [1.54, 1.807) is 24.5 Å². The second-order valence-electron chi connectivity index (χ2n) is 5.58. The van der Waals surface area contributed by atoms with Gasteiger partial charge >= 0.3 is 11.9 Å². The highest BCUT2D eigenvalue weighted by Crippen LogP contribution is 2.25. The van der Waals surface area contributed by atoms with E-state index in [2.05, 4.69) is 0 Å². The van der Waals surface area contributed by atoms with Crippen molar-refractivity contribution < 1.29 is 28.5 Å². The number of hydrogen-bond donors (Lipinski definition) is 2. The van der Waals surface area contributed by atoms with Gasteiger partial charge in [0.05, 0.1) is 12.7 Å². The van der Waals surface area contributed by atoms with Crippen molar-refractivity contribution in [1.82, 2.24) is 0 Å². The maximum Gasteiger partial charge on any atom is 0.340 e. The summed E-state index contributed by atoms with van der Waals surface area (Å²) in [5, 5.41) is 8.52. The van der Waals surface area contributed by atoms with Crippen molar-refractivity contribution in [3.8, 4) is 17.8 Å². The average Bonchev–Trinajstić information content (AvgIpc) is 2.71. The molecule has 0 atom stereocenters. The number of nitrogen functional groups attached to an aromatic ring is 2. The largest absolute Gasteiger partial charge is 0.496 e. The molecule has 0 aliphatic rings. The molecule has 0 aromatic heterocycles. The van der Waals surface area contributed by atoms with Crippen LogP contribution in [0.5, 0.6) is 11.5 Å². The summed E-state index contributed by atoms with van der Waals surface area (Å²) in [6.45, 7) is -0.278. The summed E-state index contributed by atoms with van der Waals surface area (Å²) < 4.78 is 19.9. The van der Waals surface area contributed by atoms with Gasteiger partial charge in [-0.25, -0.2) is 9.59 Å². The zero-order valence-electron chi connectivity index (χ0n) is 15.6. The molecule has 0 saturated heterocycles. The first-order chi connectivity index (χ1) is 13.9. The predicted octanol–water partition coefficient (Wildman–Crippen LogP) is 2.13. The van der Waals surface area contributed by atoms with Crippen molar-refractivity contribution in [3.05, 3.63) is 53.6 Å². The minimum Gasteiger partial charge on any atom is -0.496 e. The first kappa shape index (κ1) is 21.1. The molecule has 2 aromatic rings. The van der Waals surface area contributed by atoms with Gasteiger partial charge in [0, 0.05) is 29.1 Å². The maximum atomic E-state index is 12.0. The highest BCUT2D eigenvalue weighted by Gasteiger charge is 2.12. The lowest BCUT2D eigenvalue weighted by Gasteiger charge is -2.08. The van der Waals surface area contributed by atoms with Gasteiger partial charge in [-0.3, -0.25) is 0 Å². The number of benzene rings is 2. The zero-order valence-corrected chi connectivity index (χ0v) is 15.6. The second-order valence-corrected chi connectivity index (χ2v) is 5.58. The minimum atomic E-state index is -0.661. The molecule has 0 aliphatic heterocycles. The summed E-state index contributed by atoms with van der Waals surface area (Å²) in [7, 11) is 1.45. The smallest absolute Gasteiger partial charge is 0.340 e. The lowest BCUT2D eigenvalue weighted by Crippen LogP contribution is -2.14. The van der Waals surface area contributed by atoms with Crippen LogP contribution in [0.15, 0.2) is 42.5 Å². The fourth-order valence-corrected chi connectivity index (χ4v) is 2.26. The summed E-state index contributed by atoms with van der Waals surface area (Å²) in [6, 6.07) is 9.16. The molecule has 0 fully saturated rings. The Labute approximate surface area is 167 Å². The van der Waals surface area contributed by atoms with E-state index in [4.69, 9.17) is 35.7 Å². The summed E-state index contributed by atoms with van der Waals surface area (Å²) in [4.78, 5) is 23.8. The molecular formula is C20H19N3O6. The Kier molecular flexibility index (Phi) is 7.44. The molecular weight excluding hydrogens is 378 g/mol. The van der Waals surface area contributed by atoms with Gasteiger partial charge in [0.2, 0.25) is 0 Å². The molecule has 9 nitrogen and oxygen atoms in total. The van der Waals surface area contributed by atoms with Gasteiger partial charge in [0.15, 0.2) is 0 Å². The van der Waals surface area contributed by atoms with Crippen molar-refractivity contribution in [2.24, 2.45) is 0 Å². The minimum absolute atomic E-state index is 0.136. The average molecular weight is 397 g/mol. The van der Waals surface area contributed by atoms with Gasteiger partial charge in [-0.1, -0.05) is 0 Å². The Balaban J connectivity index is 1.83. The number of esters is 2. The van der Waals surface area contributed by atoms with E-state index in [1.165, 1.54) is 37.5 Å². The monoisotopic (exact) mass is 397 g/mol. The quantitative estimate of drug-likeness (QED) is 0.225. The number of hydrogen-bond acceptors (Lipinski definition) is 9. The van der Waals surface area contributed by atoms with Gasteiger partial charge in [-0.15, -0.1) is 5.26 Å². The van der Waals surface area contributed by atoms with Crippen molar-refractivity contribution >= 4 is 29.4 Å². The molecule has 2 aromatic carbocycles. The molecule has 0 aliphatic carbocycles. The molecule has 150 valence electrons. The number of carbonyl (C=O) groups is 2. The molecule has 4 N–H and O–H groups in total. The van der Waals surface area contributed by atoms with Gasteiger partial charge in [-0.05, 0) is 36.4 Å². The van der Waals surface area contributed by atoms with Gasteiger partial charge in [0.25, 0.3) is 6.26 Å². The van der Waals surface area contributed by atoms with Crippen LogP contribution >= 0.6 is 0 Å². The molecule has 0 amide bonds. The van der Waals surface area contributed by atoms with Crippen LogP contribution in [0.2, 0.25) is 0 Å². The van der Waals surface area contributed by atoms with Crippen LogP contribution in [-0.2, 0) is 14.3 Å². The molecule has 0 radical (unpaired) electrons. The topological polar surface area (TPSA) is 147 Å². The maximum absolute atomic E-state index is 12.0. The molecule has 0 heterocycles. The van der Waals surface area contributed by atoms with E-state index in [9.17, 15) is 9.59 Å². The molecule has 2 rings (SSSR count). The van der Waals surface area contributed by atoms with E-state index in [-0.39, 0.29) is 24.5 Å². The molecule has 0 unspecified atom stereocenters. The number of rotatable bonds is 8. The SMILES string of the molecule is COc1cc(OC#N)ccc1/C=C/C(=O)OCCOC(=O)c1cc(N)ccc1N. The van der Waals surface area contributed by atoms with Gasteiger partial charge in [-0.2, -0.15) is 0 Å². The number of nitrogens with two attached hydrogens (primary N) is 2. The Morgan fingerprint density at radius 3 is 2.59 bits per heavy atom. The lowest BCUT2D eigenvalue weighted by molar-refractivity contribution is -0.138. The third-order valence-corrected chi connectivity index (χ3v) is 3.63. The van der Waals surface area contributed by atoms with Crippen LogP contribution in [0, 0.1) is 11.5 Å². The van der Waals surface area contributed by atoms with Crippen LogP contribution in [0.25, 0.3) is 6.08 Å². The van der Waals surface area contributed by atoms with Crippen molar-refractivity contribution in [2.75, 3.05) is 31.8 Å². The lowest BCUT2D eigenvalue weighted by atomic mass is 10.1. The molecule has 0 spiro atoms. The summed E-state index contributed by atoms with van der Waals surface area (Å²) in [5.74, 6) is -0.572. The Hall–Kier alpha value is -4.19. The second kappa shape index (κ2) is 10.2. The number of ether oxygens (including phenoxy) is 4. The van der Waals surface area contributed by atoms with Crippen LogP contribution < -0.4 is 20.9 Å². The third kappa shape index (κ3) is 6.18. The van der Waals surface area contributed by atoms with Crippen LogP contribution in [0.3, 0.4) is 0 Å². The van der Waals surface area contributed by atoms with Crippen molar-refractivity contribution in [2.45, 2.75) is 0 Å².